The third kappa shape index (κ3) is 24.9. The minimum Gasteiger partial charge on any atom is -0.506 e. The molecule has 4 saturated carbocycles. The molecular formula is C93H147N3O48. The summed E-state index contributed by atoms with van der Waals surface area (Å²) in [6.07, 6.45) is -68.9. The molecule has 822 valence electrons. The van der Waals surface area contributed by atoms with Gasteiger partial charge in [0.15, 0.2) is 60.6 Å². The van der Waals surface area contributed by atoms with E-state index in [0.717, 1.165) is 44.7 Å². The summed E-state index contributed by atoms with van der Waals surface area (Å²) in [4.78, 5) is 81.7. The van der Waals surface area contributed by atoms with Crippen molar-refractivity contribution in [1.82, 2.24) is 10.3 Å². The molecule has 0 aromatic rings. The molecule has 4 saturated heterocycles. The smallest absolute Gasteiger partial charge is 0.335 e. The van der Waals surface area contributed by atoms with Gasteiger partial charge in [-0.05, 0) is 144 Å². The molecule has 0 spiro atoms. The van der Waals surface area contributed by atoms with Gasteiger partial charge >= 0.3 is 17.9 Å². The molecule has 0 bridgehead atoms. The van der Waals surface area contributed by atoms with Gasteiger partial charge in [0.05, 0.1) is 37.6 Å². The van der Waals surface area contributed by atoms with Crippen molar-refractivity contribution in [2.45, 2.75) is 401 Å². The summed E-state index contributed by atoms with van der Waals surface area (Å²) in [6.45, 7) is 16.1. The molecule has 144 heavy (non-hydrogen) atoms. The quantitative estimate of drug-likeness (QED) is 0.00312. The Bertz CT molecular complexity index is 4520. The number of carboxylic acid groups (broad SMARTS) is 1. The minimum absolute atomic E-state index is 0.0248. The summed E-state index contributed by atoms with van der Waals surface area (Å²) in [5, 5.41) is 317. The van der Waals surface area contributed by atoms with Gasteiger partial charge in [-0.3, -0.25) is 28.9 Å². The fraction of sp³-hybridized carbons (Fsp3) is 0.817. The van der Waals surface area contributed by atoms with Crippen LogP contribution >= 0.6 is 0 Å². The fourth-order valence-electron chi connectivity index (χ4n) is 22.5. The van der Waals surface area contributed by atoms with Gasteiger partial charge in [0.2, 0.25) is 30.0 Å². The lowest BCUT2D eigenvalue weighted by Gasteiger charge is -2.71. The number of nitrogens with zero attached hydrogens (tertiary/aromatic N) is 2. The summed E-state index contributed by atoms with van der Waals surface area (Å²) < 4.78 is 82.4. The summed E-state index contributed by atoms with van der Waals surface area (Å²) in [7, 11) is 0. The Labute approximate surface area is 828 Å². The number of aliphatic carboxylic acids is 1. The number of carbonyl (C=O) groups is 6. The molecule has 36 unspecified atom stereocenters. The number of allylic oxidation sites excluding steroid dienone is 2. The van der Waals surface area contributed by atoms with Gasteiger partial charge in [-0.1, -0.05) is 73.5 Å². The van der Waals surface area contributed by atoms with Crippen LogP contribution in [0.2, 0.25) is 0 Å². The van der Waals surface area contributed by atoms with Crippen LogP contribution in [0.15, 0.2) is 63.5 Å². The molecule has 10 aliphatic rings. The third-order valence-electron chi connectivity index (χ3n) is 30.8. The van der Waals surface area contributed by atoms with Crippen molar-refractivity contribution in [3.05, 3.63) is 58.4 Å². The SMILES string of the molecule is CCC(OC(O)C(O)C(OC(O)C(O)C(O)C(C)O)C(CC)OC(C)=O)/C(O)=C(\OC1OC(C)C(OC(O)/C(O)=C(\OC(O)/C(O)=C(/O)C(O)CCO)C(C)O)C(O)C1O)C(O)OC(=O)[C@]12CCC(C)(C)CC1C1=CCC3[C@@]4(C)CC[C@H](OC5OC(C(=O)O)C(O)C(OC6OCC(O)C(O)C6O)C5OC5OC(CO)C(O)C(O)C5O)[C@@](C)(/C=N/NC(=O)CCCCCN5C(=O)C=CC5=O)C4CC[C@@]3(C)[C@]1(C)C[C@H]2O. The minimum atomic E-state index is -2.96. The van der Waals surface area contributed by atoms with Crippen molar-refractivity contribution in [2.24, 2.45) is 55.3 Å². The molecule has 5 heterocycles. The lowest BCUT2D eigenvalue weighted by molar-refractivity contribution is -0.391. The van der Waals surface area contributed by atoms with E-state index in [9.17, 15) is 167 Å². The number of fused-ring (bicyclic) bond motifs is 7. The van der Waals surface area contributed by atoms with Gasteiger partial charge in [-0.2, -0.15) is 5.10 Å². The number of rotatable bonds is 45. The lowest BCUT2D eigenvalue weighted by atomic mass is 9.33. The Morgan fingerprint density at radius 2 is 1.24 bits per heavy atom. The van der Waals surface area contributed by atoms with Crippen molar-refractivity contribution in [3.8, 4) is 0 Å². The van der Waals surface area contributed by atoms with E-state index in [1.165, 1.54) is 20.1 Å². The maximum atomic E-state index is 16.3. The van der Waals surface area contributed by atoms with E-state index >= 15 is 4.79 Å². The fourth-order valence-corrected chi connectivity index (χ4v) is 22.5. The molecule has 5 aliphatic heterocycles. The Kier molecular flexibility index (Phi) is 40.3. The van der Waals surface area contributed by atoms with Crippen molar-refractivity contribution in [1.29, 1.82) is 0 Å². The Morgan fingerprint density at radius 3 is 1.85 bits per heavy atom. The van der Waals surface area contributed by atoms with Crippen LogP contribution in [0.5, 0.6) is 0 Å². The molecule has 51 heteroatoms. The molecule has 0 radical (unpaired) electrons. The van der Waals surface area contributed by atoms with Gasteiger partial charge in [0, 0.05) is 56.7 Å². The van der Waals surface area contributed by atoms with E-state index < -0.39 is 368 Å². The van der Waals surface area contributed by atoms with Gasteiger partial charge in [-0.25, -0.2) is 10.2 Å². The Morgan fingerprint density at radius 1 is 0.604 bits per heavy atom. The molecule has 8 fully saturated rings. The third-order valence-corrected chi connectivity index (χ3v) is 30.8. The largest absolute Gasteiger partial charge is 0.506 e. The van der Waals surface area contributed by atoms with Crippen LogP contribution in [0.3, 0.4) is 0 Å². The molecule has 3 amide bonds. The zero-order valence-corrected chi connectivity index (χ0v) is 82.0. The number of amides is 3. The maximum Gasteiger partial charge on any atom is 0.335 e. The van der Waals surface area contributed by atoms with Crippen LogP contribution in [-0.2, 0) is 95.1 Å². The highest BCUT2D eigenvalue weighted by Gasteiger charge is 2.73. The number of unbranched alkanes of at least 4 members (excludes halogenated alkanes) is 2. The first-order valence-corrected chi connectivity index (χ1v) is 48.3. The topological polar surface area (TPSA) is 826 Å². The van der Waals surface area contributed by atoms with Crippen LogP contribution in [0.1, 0.15) is 186 Å². The van der Waals surface area contributed by atoms with E-state index in [-0.39, 0.29) is 83.6 Å². The predicted molar refractivity (Wildman–Crippen MR) is 480 cm³/mol. The number of hydrogen-bond donors (Lipinski definition) is 29. The Balaban J connectivity index is 1.01. The average Bonchev–Trinajstić information content (AvgIpc) is 1.26. The van der Waals surface area contributed by atoms with Crippen molar-refractivity contribution in [2.75, 3.05) is 26.4 Å². The number of hydrogen-bond acceptors (Lipinski definition) is 48. The first-order chi connectivity index (χ1) is 67.3. The predicted octanol–water partition coefficient (Wildman–Crippen LogP) is -5.11. The van der Waals surface area contributed by atoms with Crippen LogP contribution in [0.4, 0.5) is 0 Å². The normalized spacial score (nSPS) is 39.0. The number of esters is 2. The first kappa shape index (κ1) is 119. The summed E-state index contributed by atoms with van der Waals surface area (Å²) in [5.74, 6) is -16.0. The summed E-state index contributed by atoms with van der Waals surface area (Å²) >= 11 is 0. The second kappa shape index (κ2) is 48.9. The molecule has 10 rings (SSSR count). The standard InChI is InChI=1S/C93H147N3O48/c1-13-45(134-80(127)69(122)72(46(14-2)133-40(6)101)139-78(125)62(115)55(108)37(3)99)59(112)75(142-84-66(119)61(114)71(39(5)132-84)138-81(128)68(121)70(38(4)100)137-79(126)63(116)56(109)43(102)25-31-97)82(129)144-87(130)93-29-28-88(7,8)32-42(93)41-19-20-49-89(9)26-24-51(90(10,48(89)23-27-91(49,11)92(41,12)33-50(93)104)36-94-95-52(105)18-16-15-17-30-96-53(106)21-22-54(96)107)136-86-76(143-85-65(118)60(113)58(111)47(34-98)135-85)73(67(120)74(141-86)77(123)124)140-83-64(117)57(110)44(103)35-131-83/h19,21-22,36-39,42-51,55,57-58,60-62,64-67,69,71-74,76,78-86,97-100,102-104,108-122,125-129H,13-18,20,23-35H2,1-12H3,(H,95,105)(H,123,124)/b63-56-,70-68+,75-59+,94-36+/t37?,38?,39?,42?,43?,44?,45?,46?,47?,48?,49?,50-,51+,55?,57?,58?,60?,61?,62?,64?,65?,66?,67?,69?,71?,72?,73?,74?,76?,78?,79?,80?,81?,82?,83?,84?,85?,86?,89+,90+,91-,92-,93-/m1/s1. The van der Waals surface area contributed by atoms with Crippen LogP contribution in [0.25, 0.3) is 0 Å². The van der Waals surface area contributed by atoms with Gasteiger partial charge in [0.25, 0.3) is 24.4 Å². The number of imide groups is 1. The summed E-state index contributed by atoms with van der Waals surface area (Å²) in [6, 6.07) is 0. The van der Waals surface area contributed by atoms with Crippen LogP contribution < -0.4 is 5.43 Å². The van der Waals surface area contributed by atoms with Crippen LogP contribution in [-0.4, -0.2) is 431 Å². The highest BCUT2D eigenvalue weighted by atomic mass is 16.8. The van der Waals surface area contributed by atoms with Crippen molar-refractivity contribution >= 4 is 41.8 Å². The zero-order valence-electron chi connectivity index (χ0n) is 82.0. The van der Waals surface area contributed by atoms with Gasteiger partial charge in [-0.15, -0.1) is 0 Å². The highest BCUT2D eigenvalue weighted by Crippen LogP contribution is 2.76. The zero-order chi connectivity index (χ0) is 107. The van der Waals surface area contributed by atoms with Crippen molar-refractivity contribution < 1.29 is 238 Å². The number of aliphatic hydroxyl groups excluding tert-OH is 27. The molecule has 0 aromatic heterocycles. The highest BCUT2D eigenvalue weighted by molar-refractivity contribution is 6.12. The number of hydrazone groups is 1. The number of carbonyl (C=O) groups excluding carboxylic acids is 5. The number of aliphatic hydroxyl groups is 27. The van der Waals surface area contributed by atoms with E-state index in [0.29, 0.717) is 18.4 Å². The van der Waals surface area contributed by atoms with Crippen LogP contribution in [0, 0.1) is 50.2 Å². The van der Waals surface area contributed by atoms with Crippen molar-refractivity contribution in [3.63, 3.8) is 0 Å². The van der Waals surface area contributed by atoms with Gasteiger partial charge < -0.3 is 209 Å². The number of ether oxygens (including phenoxy) is 14. The van der Waals surface area contributed by atoms with E-state index in [2.05, 4.69) is 17.5 Å². The summed E-state index contributed by atoms with van der Waals surface area (Å²) in [5.41, 5.74) is -3.84. The average molecular weight is 2080 g/mol. The second-order valence-electron chi connectivity index (χ2n) is 40.8. The first-order valence-electron chi connectivity index (χ1n) is 48.3. The lowest BCUT2D eigenvalue weighted by Crippen LogP contribution is -2.69. The monoisotopic (exact) mass is 2070 g/mol. The maximum absolute atomic E-state index is 16.3. The molecule has 29 N–H and O–H groups in total. The molecule has 43 atom stereocenters. The van der Waals surface area contributed by atoms with E-state index in [1.54, 1.807) is 6.92 Å². The van der Waals surface area contributed by atoms with E-state index in [1.807, 2.05) is 33.8 Å². The Hall–Kier alpha value is -7.13. The van der Waals surface area contributed by atoms with E-state index in [4.69, 9.17) is 66.3 Å². The number of nitrogens with one attached hydrogen (secondary N) is 1. The van der Waals surface area contributed by atoms with Gasteiger partial charge in [0.1, 0.15) is 134 Å². The molecule has 51 nitrogen and oxygen atoms in total. The molecular weight excluding hydrogens is 1930 g/mol. The number of carboxylic acids is 1. The molecule has 0 aromatic carbocycles. The molecule has 5 aliphatic carbocycles. The second-order valence-corrected chi connectivity index (χ2v) is 40.8.